The highest BCUT2D eigenvalue weighted by molar-refractivity contribution is 6.03. The molecule has 2 heterocycles. The largest absolute Gasteiger partial charge is 0.497 e. The molecule has 0 saturated carbocycles. The number of aromatic amines is 1. The van der Waals surface area contributed by atoms with E-state index in [1.54, 1.807) is 31.4 Å². The van der Waals surface area contributed by atoms with Crippen LogP contribution in [0.15, 0.2) is 73.1 Å². The van der Waals surface area contributed by atoms with E-state index in [9.17, 15) is 14.0 Å². The van der Waals surface area contributed by atoms with Crippen LogP contribution in [0.3, 0.4) is 0 Å². The minimum atomic E-state index is -0.343. The Morgan fingerprint density at radius 2 is 1.81 bits per heavy atom. The van der Waals surface area contributed by atoms with Crippen molar-refractivity contribution < 1.29 is 18.7 Å². The predicted molar refractivity (Wildman–Crippen MR) is 142 cm³/mol. The van der Waals surface area contributed by atoms with Gasteiger partial charge in [-0.25, -0.2) is 4.39 Å². The number of hydrogen-bond donors (Lipinski definition) is 3. The van der Waals surface area contributed by atoms with E-state index in [1.807, 2.05) is 37.5 Å². The van der Waals surface area contributed by atoms with Gasteiger partial charge in [-0.15, -0.1) is 0 Å². The number of nitrogens with one attached hydrogen (secondary N) is 3. The first-order valence-electron chi connectivity index (χ1n) is 12.0. The molecule has 0 atom stereocenters. The number of amides is 2. The lowest BCUT2D eigenvalue weighted by Crippen LogP contribution is -2.37. The molecule has 3 N–H and O–H groups in total. The first-order valence-corrected chi connectivity index (χ1v) is 12.0. The van der Waals surface area contributed by atoms with Gasteiger partial charge >= 0.3 is 0 Å². The van der Waals surface area contributed by atoms with Gasteiger partial charge in [0.25, 0.3) is 5.91 Å². The molecule has 0 aliphatic carbocycles. The summed E-state index contributed by atoms with van der Waals surface area (Å²) >= 11 is 0. The topological polar surface area (TPSA) is 88.2 Å². The van der Waals surface area contributed by atoms with Crippen molar-refractivity contribution in [3.8, 4) is 16.9 Å². The van der Waals surface area contributed by atoms with Crippen LogP contribution >= 0.6 is 0 Å². The summed E-state index contributed by atoms with van der Waals surface area (Å²) in [5.41, 5.74) is 5.21. The van der Waals surface area contributed by atoms with E-state index >= 15 is 0 Å². The predicted octanol–water partition coefficient (Wildman–Crippen LogP) is 4.56. The summed E-state index contributed by atoms with van der Waals surface area (Å²) in [5.74, 6) is -0.126. The Morgan fingerprint density at radius 3 is 2.59 bits per heavy atom. The molecule has 188 valence electrons. The summed E-state index contributed by atoms with van der Waals surface area (Å²) in [6.07, 6.45) is 4.54. The number of halogens is 1. The van der Waals surface area contributed by atoms with Crippen LogP contribution in [0.5, 0.6) is 5.75 Å². The maximum atomic E-state index is 13.3. The molecule has 0 aliphatic heterocycles. The third-order valence-electron chi connectivity index (χ3n) is 6.50. The number of rotatable bonds is 8. The van der Waals surface area contributed by atoms with Crippen molar-refractivity contribution in [3.63, 3.8) is 0 Å². The van der Waals surface area contributed by atoms with Crippen LogP contribution in [0.25, 0.3) is 32.9 Å². The Balaban J connectivity index is 1.18. The van der Waals surface area contributed by atoms with Gasteiger partial charge in [0, 0.05) is 58.9 Å². The normalized spacial score (nSPS) is 11.1. The summed E-state index contributed by atoms with van der Waals surface area (Å²) in [5, 5.41) is 7.49. The molecule has 37 heavy (non-hydrogen) atoms. The van der Waals surface area contributed by atoms with E-state index in [0.717, 1.165) is 44.2 Å². The van der Waals surface area contributed by atoms with E-state index in [4.69, 9.17) is 4.74 Å². The van der Waals surface area contributed by atoms with Gasteiger partial charge in [-0.05, 0) is 66.1 Å². The maximum Gasteiger partial charge on any atom is 0.251 e. The summed E-state index contributed by atoms with van der Waals surface area (Å²) in [6.45, 7) is 0.319. The number of carbonyl (C=O) groups excluding carboxylic acids is 2. The van der Waals surface area contributed by atoms with Gasteiger partial charge in [0.1, 0.15) is 11.6 Å². The van der Waals surface area contributed by atoms with Crippen LogP contribution in [0.1, 0.15) is 15.9 Å². The second kappa shape index (κ2) is 10.2. The molecule has 0 aliphatic rings. The maximum absolute atomic E-state index is 13.3. The molecule has 5 rings (SSSR count). The van der Waals surface area contributed by atoms with Crippen molar-refractivity contribution in [1.29, 1.82) is 0 Å². The molecule has 0 saturated heterocycles. The third-order valence-corrected chi connectivity index (χ3v) is 6.50. The molecule has 0 unspecified atom stereocenters. The Bertz CT molecular complexity index is 1600. The molecule has 0 spiro atoms. The molecule has 8 heteroatoms. The molecule has 5 aromatic rings. The van der Waals surface area contributed by atoms with E-state index in [0.29, 0.717) is 18.5 Å². The fourth-order valence-electron chi connectivity index (χ4n) is 4.57. The zero-order valence-corrected chi connectivity index (χ0v) is 20.6. The average molecular weight is 499 g/mol. The SMILES string of the molecule is COc1ccc2c(c1)c(CCNC(=O)CNC(=O)c1ccc3[nH]cc(-c4ccc(F)cc4)c3c1)cn2C. The highest BCUT2D eigenvalue weighted by Gasteiger charge is 2.13. The lowest BCUT2D eigenvalue weighted by Gasteiger charge is -2.08. The molecule has 0 radical (unpaired) electrons. The van der Waals surface area contributed by atoms with E-state index in [-0.39, 0.29) is 24.2 Å². The number of fused-ring (bicyclic) bond motifs is 2. The van der Waals surface area contributed by atoms with Gasteiger partial charge in [0.05, 0.1) is 13.7 Å². The van der Waals surface area contributed by atoms with Gasteiger partial charge in [0.2, 0.25) is 5.91 Å². The van der Waals surface area contributed by atoms with Gasteiger partial charge in [-0.3, -0.25) is 9.59 Å². The molecule has 3 aromatic carbocycles. The second-order valence-corrected chi connectivity index (χ2v) is 8.90. The van der Waals surface area contributed by atoms with Crippen molar-refractivity contribution in [2.75, 3.05) is 20.2 Å². The number of aryl methyl sites for hydroxylation is 1. The Kier molecular flexibility index (Phi) is 6.64. The lowest BCUT2D eigenvalue weighted by atomic mass is 10.0. The summed E-state index contributed by atoms with van der Waals surface area (Å²) in [4.78, 5) is 28.3. The van der Waals surface area contributed by atoms with Crippen LogP contribution in [0, 0.1) is 5.82 Å². The standard InChI is InChI=1S/C29H27FN4O3/c1-34-17-20(23-14-22(37-2)8-10-27(23)34)11-12-31-28(35)16-33-29(36)19-5-9-26-24(13-19)25(15-32-26)18-3-6-21(30)7-4-18/h3-10,13-15,17,32H,11-12,16H2,1-2H3,(H,31,35)(H,33,36). The van der Waals surface area contributed by atoms with Crippen molar-refractivity contribution in [2.24, 2.45) is 7.05 Å². The van der Waals surface area contributed by atoms with Gasteiger partial charge in [-0.2, -0.15) is 0 Å². The molecular formula is C29H27FN4O3. The van der Waals surface area contributed by atoms with Crippen LogP contribution in [-0.4, -0.2) is 41.6 Å². The molecular weight excluding hydrogens is 471 g/mol. The highest BCUT2D eigenvalue weighted by atomic mass is 19.1. The smallest absolute Gasteiger partial charge is 0.251 e. The zero-order valence-electron chi connectivity index (χ0n) is 20.6. The van der Waals surface area contributed by atoms with Crippen LogP contribution in [0.2, 0.25) is 0 Å². The van der Waals surface area contributed by atoms with Crippen molar-refractivity contribution >= 4 is 33.6 Å². The quantitative estimate of drug-likeness (QED) is 0.293. The molecule has 0 fully saturated rings. The second-order valence-electron chi connectivity index (χ2n) is 8.90. The highest BCUT2D eigenvalue weighted by Crippen LogP contribution is 2.29. The summed E-state index contributed by atoms with van der Waals surface area (Å²) in [7, 11) is 3.62. The minimum absolute atomic E-state index is 0.127. The number of benzene rings is 3. The Labute approximate surface area is 213 Å². The first kappa shape index (κ1) is 24.1. The third kappa shape index (κ3) is 5.04. The number of ether oxygens (including phenoxy) is 1. The zero-order chi connectivity index (χ0) is 25.9. The summed E-state index contributed by atoms with van der Waals surface area (Å²) in [6, 6.07) is 17.4. The number of nitrogens with zero attached hydrogens (tertiary/aromatic N) is 1. The number of carbonyl (C=O) groups is 2. The van der Waals surface area contributed by atoms with E-state index < -0.39 is 0 Å². The fourth-order valence-corrected chi connectivity index (χ4v) is 4.57. The first-order chi connectivity index (χ1) is 17.9. The number of hydrogen-bond acceptors (Lipinski definition) is 3. The molecule has 7 nitrogen and oxygen atoms in total. The van der Waals surface area contributed by atoms with Crippen molar-refractivity contribution in [2.45, 2.75) is 6.42 Å². The minimum Gasteiger partial charge on any atom is -0.497 e. The molecule has 0 bridgehead atoms. The average Bonchev–Trinajstić information content (AvgIpc) is 3.47. The van der Waals surface area contributed by atoms with Gasteiger partial charge in [0.15, 0.2) is 0 Å². The van der Waals surface area contributed by atoms with Crippen LogP contribution < -0.4 is 15.4 Å². The van der Waals surface area contributed by atoms with Gasteiger partial charge in [-0.1, -0.05) is 12.1 Å². The van der Waals surface area contributed by atoms with Crippen LogP contribution in [0.4, 0.5) is 4.39 Å². The van der Waals surface area contributed by atoms with Crippen molar-refractivity contribution in [1.82, 2.24) is 20.2 Å². The number of H-pyrrole nitrogens is 1. The Hall–Kier alpha value is -4.59. The fraction of sp³-hybridized carbons (Fsp3) is 0.172. The van der Waals surface area contributed by atoms with E-state index in [2.05, 4.69) is 26.4 Å². The van der Waals surface area contributed by atoms with Crippen molar-refractivity contribution in [3.05, 3.63) is 90.0 Å². The molecule has 2 amide bonds. The lowest BCUT2D eigenvalue weighted by molar-refractivity contribution is -0.120. The summed E-state index contributed by atoms with van der Waals surface area (Å²) < 4.78 is 20.7. The van der Waals surface area contributed by atoms with E-state index in [1.165, 1.54) is 12.1 Å². The number of methoxy groups -OCH3 is 1. The monoisotopic (exact) mass is 498 g/mol. The Morgan fingerprint density at radius 1 is 1.00 bits per heavy atom. The number of aromatic nitrogens is 2. The van der Waals surface area contributed by atoms with Gasteiger partial charge < -0.3 is 24.9 Å². The molecule has 2 aromatic heterocycles. The van der Waals surface area contributed by atoms with Crippen LogP contribution in [-0.2, 0) is 18.3 Å².